The third kappa shape index (κ3) is 2.90. The summed E-state index contributed by atoms with van der Waals surface area (Å²) in [6.45, 7) is 5.86. The fourth-order valence-corrected chi connectivity index (χ4v) is 2.35. The summed E-state index contributed by atoms with van der Waals surface area (Å²) in [6.07, 6.45) is 5.60. The third-order valence-corrected chi connectivity index (χ3v) is 3.34. The zero-order chi connectivity index (χ0) is 13.0. The first-order valence-electron chi connectivity index (χ1n) is 6.60. The summed E-state index contributed by atoms with van der Waals surface area (Å²) >= 11 is 0. The highest BCUT2D eigenvalue weighted by Crippen LogP contribution is 2.27. The van der Waals surface area contributed by atoms with Gasteiger partial charge in [0.15, 0.2) is 0 Å². The number of hydrogen-bond donors (Lipinski definition) is 2. The molecule has 1 aliphatic rings. The van der Waals surface area contributed by atoms with E-state index in [1.54, 1.807) is 0 Å². The normalized spacial score (nSPS) is 23.9. The van der Waals surface area contributed by atoms with E-state index < -0.39 is 0 Å². The average Bonchev–Trinajstić information content (AvgIpc) is 2.34. The topological polar surface area (TPSA) is 73.1 Å². The maximum Gasteiger partial charge on any atom is 0.135 e. The van der Waals surface area contributed by atoms with Gasteiger partial charge in [-0.25, -0.2) is 9.97 Å². The molecule has 1 aromatic rings. The van der Waals surface area contributed by atoms with Gasteiger partial charge in [-0.05, 0) is 26.2 Å². The monoisotopic (exact) mass is 250 g/mol. The van der Waals surface area contributed by atoms with Gasteiger partial charge in [0, 0.05) is 12.2 Å². The molecular weight excluding hydrogens is 228 g/mol. The molecule has 3 N–H and O–H groups in total. The first kappa shape index (κ1) is 13.1. The number of anilines is 2. The highest BCUT2D eigenvalue weighted by molar-refractivity contribution is 5.56. The van der Waals surface area contributed by atoms with Gasteiger partial charge in [0.25, 0.3) is 0 Å². The molecule has 1 fully saturated rings. The van der Waals surface area contributed by atoms with Crippen molar-refractivity contribution >= 4 is 11.6 Å². The van der Waals surface area contributed by atoms with E-state index in [1.807, 2.05) is 0 Å². The van der Waals surface area contributed by atoms with Crippen LogP contribution in [0.25, 0.3) is 0 Å². The summed E-state index contributed by atoms with van der Waals surface area (Å²) < 4.78 is 5.55. The molecule has 5 nitrogen and oxygen atoms in total. The van der Waals surface area contributed by atoms with Gasteiger partial charge in [-0.3, -0.25) is 0 Å². The maximum atomic E-state index is 5.93. The van der Waals surface area contributed by atoms with Gasteiger partial charge in [-0.15, -0.1) is 0 Å². The maximum absolute atomic E-state index is 5.93. The van der Waals surface area contributed by atoms with Gasteiger partial charge in [0.05, 0.1) is 12.1 Å². The van der Waals surface area contributed by atoms with Crippen LogP contribution in [-0.4, -0.2) is 28.7 Å². The minimum atomic E-state index is -0.0540. The Morgan fingerprint density at radius 2 is 2.33 bits per heavy atom. The summed E-state index contributed by atoms with van der Waals surface area (Å²) in [4.78, 5) is 8.41. The second-order valence-corrected chi connectivity index (χ2v) is 5.18. The molecule has 1 saturated heterocycles. The lowest BCUT2D eigenvalue weighted by atomic mass is 9.94. The molecule has 2 heterocycles. The Labute approximate surface area is 108 Å². The Morgan fingerprint density at radius 1 is 1.50 bits per heavy atom. The molecule has 1 atom stereocenters. The van der Waals surface area contributed by atoms with E-state index in [4.69, 9.17) is 10.5 Å². The van der Waals surface area contributed by atoms with E-state index in [-0.39, 0.29) is 5.54 Å². The highest BCUT2D eigenvalue weighted by atomic mass is 16.5. The first-order chi connectivity index (χ1) is 8.64. The minimum absolute atomic E-state index is 0.0540. The van der Waals surface area contributed by atoms with E-state index >= 15 is 0 Å². The Morgan fingerprint density at radius 3 is 3.00 bits per heavy atom. The minimum Gasteiger partial charge on any atom is -0.383 e. The van der Waals surface area contributed by atoms with Crippen LogP contribution in [-0.2, 0) is 11.2 Å². The van der Waals surface area contributed by atoms with Crippen LogP contribution in [0, 0.1) is 0 Å². The fraction of sp³-hybridized carbons (Fsp3) is 0.692. The quantitative estimate of drug-likeness (QED) is 0.855. The predicted octanol–water partition coefficient (Wildman–Crippen LogP) is 1.99. The molecule has 18 heavy (non-hydrogen) atoms. The van der Waals surface area contributed by atoms with Crippen molar-refractivity contribution in [1.82, 2.24) is 9.97 Å². The van der Waals surface area contributed by atoms with Crippen molar-refractivity contribution in [3.05, 3.63) is 11.9 Å². The van der Waals surface area contributed by atoms with Crippen molar-refractivity contribution in [1.29, 1.82) is 0 Å². The van der Waals surface area contributed by atoms with Crippen LogP contribution in [0.1, 0.15) is 38.7 Å². The van der Waals surface area contributed by atoms with Gasteiger partial charge in [0.1, 0.15) is 18.0 Å². The Balaban J connectivity index is 2.19. The predicted molar refractivity (Wildman–Crippen MR) is 72.5 cm³/mol. The van der Waals surface area contributed by atoms with Gasteiger partial charge in [-0.2, -0.15) is 0 Å². The molecule has 5 heteroatoms. The van der Waals surface area contributed by atoms with Crippen molar-refractivity contribution in [2.24, 2.45) is 0 Å². The molecule has 0 amide bonds. The standard InChI is InChI=1S/C13H22N4O/c1-3-5-10-11(14)15-9-16-12(10)17-13(2)6-4-7-18-8-13/h9H,3-8H2,1-2H3,(H3,14,15,16,17). The van der Waals surface area contributed by atoms with Crippen LogP contribution in [0.5, 0.6) is 0 Å². The summed E-state index contributed by atoms with van der Waals surface area (Å²) in [6, 6.07) is 0. The zero-order valence-corrected chi connectivity index (χ0v) is 11.2. The smallest absolute Gasteiger partial charge is 0.135 e. The molecule has 0 radical (unpaired) electrons. The summed E-state index contributed by atoms with van der Waals surface area (Å²) in [5.41, 5.74) is 6.90. The average molecular weight is 250 g/mol. The van der Waals surface area contributed by atoms with Gasteiger partial charge < -0.3 is 15.8 Å². The molecule has 0 bridgehead atoms. The number of hydrogen-bond acceptors (Lipinski definition) is 5. The van der Waals surface area contributed by atoms with Crippen LogP contribution in [0.2, 0.25) is 0 Å². The number of ether oxygens (including phenoxy) is 1. The Bertz CT molecular complexity index is 402. The second-order valence-electron chi connectivity index (χ2n) is 5.18. The van der Waals surface area contributed by atoms with Gasteiger partial charge >= 0.3 is 0 Å². The first-order valence-corrected chi connectivity index (χ1v) is 6.60. The molecule has 1 aromatic heterocycles. The van der Waals surface area contributed by atoms with E-state index in [9.17, 15) is 0 Å². The molecule has 0 spiro atoms. The lowest BCUT2D eigenvalue weighted by Gasteiger charge is -2.35. The summed E-state index contributed by atoms with van der Waals surface area (Å²) in [5, 5.41) is 3.50. The molecule has 1 unspecified atom stereocenters. The van der Waals surface area contributed by atoms with Crippen LogP contribution >= 0.6 is 0 Å². The Kier molecular flexibility index (Phi) is 4.01. The van der Waals surface area contributed by atoms with Crippen LogP contribution < -0.4 is 11.1 Å². The highest BCUT2D eigenvalue weighted by Gasteiger charge is 2.28. The number of nitrogen functional groups attached to an aromatic ring is 1. The molecule has 0 aromatic carbocycles. The van der Waals surface area contributed by atoms with Crippen molar-refractivity contribution in [2.75, 3.05) is 24.3 Å². The summed E-state index contributed by atoms with van der Waals surface area (Å²) in [7, 11) is 0. The summed E-state index contributed by atoms with van der Waals surface area (Å²) in [5.74, 6) is 1.44. The molecular formula is C13H22N4O. The second kappa shape index (κ2) is 5.52. The number of aromatic nitrogens is 2. The molecule has 1 aliphatic heterocycles. The van der Waals surface area contributed by atoms with Crippen molar-refractivity contribution in [3.63, 3.8) is 0 Å². The lowest BCUT2D eigenvalue weighted by molar-refractivity contribution is 0.0538. The lowest BCUT2D eigenvalue weighted by Crippen LogP contribution is -2.43. The van der Waals surface area contributed by atoms with E-state index in [2.05, 4.69) is 29.1 Å². The molecule has 100 valence electrons. The fourth-order valence-electron chi connectivity index (χ4n) is 2.35. The van der Waals surface area contributed by atoms with Crippen molar-refractivity contribution in [2.45, 2.75) is 45.1 Å². The number of nitrogens with zero attached hydrogens (tertiary/aromatic N) is 2. The molecule has 0 aliphatic carbocycles. The van der Waals surface area contributed by atoms with E-state index in [0.29, 0.717) is 12.4 Å². The Hall–Kier alpha value is -1.36. The SMILES string of the molecule is CCCc1c(N)ncnc1NC1(C)CCCOC1. The third-order valence-electron chi connectivity index (χ3n) is 3.34. The van der Waals surface area contributed by atoms with Crippen LogP contribution in [0.4, 0.5) is 11.6 Å². The largest absolute Gasteiger partial charge is 0.383 e. The van der Waals surface area contributed by atoms with Crippen molar-refractivity contribution in [3.8, 4) is 0 Å². The van der Waals surface area contributed by atoms with Crippen molar-refractivity contribution < 1.29 is 4.74 Å². The van der Waals surface area contributed by atoms with E-state index in [1.165, 1.54) is 6.33 Å². The molecule has 2 rings (SSSR count). The van der Waals surface area contributed by atoms with Crippen LogP contribution in [0.15, 0.2) is 6.33 Å². The zero-order valence-electron chi connectivity index (χ0n) is 11.2. The molecule has 0 saturated carbocycles. The van der Waals surface area contributed by atoms with E-state index in [0.717, 1.165) is 43.7 Å². The number of nitrogens with one attached hydrogen (secondary N) is 1. The van der Waals surface area contributed by atoms with Gasteiger partial charge in [0.2, 0.25) is 0 Å². The van der Waals surface area contributed by atoms with Crippen LogP contribution in [0.3, 0.4) is 0 Å². The van der Waals surface area contributed by atoms with Gasteiger partial charge in [-0.1, -0.05) is 13.3 Å². The number of rotatable bonds is 4. The number of nitrogens with two attached hydrogens (primary N) is 1.